The zero-order valence-corrected chi connectivity index (χ0v) is 21.3. The van der Waals surface area contributed by atoms with E-state index in [9.17, 15) is 9.59 Å². The van der Waals surface area contributed by atoms with E-state index in [0.29, 0.717) is 24.2 Å². The number of methoxy groups -OCH3 is 1. The number of nitrogens with one attached hydrogen (secondary N) is 1. The van der Waals surface area contributed by atoms with Crippen molar-refractivity contribution in [1.82, 2.24) is 9.55 Å². The maximum absolute atomic E-state index is 12.6. The molecule has 1 aliphatic rings. The van der Waals surface area contributed by atoms with E-state index < -0.39 is 45.1 Å². The predicted molar refractivity (Wildman–Crippen MR) is 130 cm³/mol. The zero-order chi connectivity index (χ0) is 25.3. The number of aryl methyl sites for hydroxylation is 1. The van der Waals surface area contributed by atoms with Crippen molar-refractivity contribution >= 4 is 30.0 Å². The molecule has 1 saturated heterocycles. The lowest BCUT2D eigenvalue weighted by atomic mass is 10.2. The molecule has 2 heterocycles. The molecule has 1 aromatic rings. The van der Waals surface area contributed by atoms with Crippen LogP contribution in [0.15, 0.2) is 15.8 Å². The fourth-order valence-corrected chi connectivity index (χ4v) is 6.26. The van der Waals surface area contributed by atoms with Gasteiger partial charge >= 0.3 is 5.69 Å². The first-order valence-electron chi connectivity index (χ1n) is 11.3. The van der Waals surface area contributed by atoms with E-state index in [2.05, 4.69) is 30.6 Å². The van der Waals surface area contributed by atoms with Gasteiger partial charge in [0.25, 0.3) is 5.56 Å². The number of ether oxygens (including phenoxy) is 2. The molecule has 0 amide bonds. The lowest BCUT2D eigenvalue weighted by molar-refractivity contribution is -0.0511. The summed E-state index contributed by atoms with van der Waals surface area (Å²) in [6.45, 7) is 15.4. The molecule has 2 rings (SSSR count). The van der Waals surface area contributed by atoms with Crippen molar-refractivity contribution in [2.24, 2.45) is 0 Å². The van der Waals surface area contributed by atoms with E-state index in [0.717, 1.165) is 0 Å². The van der Waals surface area contributed by atoms with Gasteiger partial charge in [0, 0.05) is 42.4 Å². The Hall–Kier alpha value is -0.860. The van der Waals surface area contributed by atoms with Gasteiger partial charge in [-0.2, -0.15) is 0 Å². The second-order valence-corrected chi connectivity index (χ2v) is 12.7. The van der Waals surface area contributed by atoms with Gasteiger partial charge in [-0.3, -0.25) is 14.3 Å². The summed E-state index contributed by atoms with van der Waals surface area (Å²) in [5, 5.41) is 0. The first-order valence-corrected chi connectivity index (χ1v) is 14.1. The van der Waals surface area contributed by atoms with Crippen molar-refractivity contribution in [3.63, 3.8) is 0 Å². The molecule has 5 atom stereocenters. The summed E-state index contributed by atoms with van der Waals surface area (Å²) in [5.74, 6) is 0.716. The van der Waals surface area contributed by atoms with Crippen LogP contribution < -0.4 is 11.2 Å². The van der Waals surface area contributed by atoms with Crippen LogP contribution in [0.3, 0.4) is 0 Å². The average Bonchev–Trinajstić information content (AvgIpc) is 3.12. The van der Waals surface area contributed by atoms with Gasteiger partial charge in [-0.05, 0) is 6.42 Å². The molecule has 32 heavy (non-hydrogen) atoms. The van der Waals surface area contributed by atoms with Crippen molar-refractivity contribution in [2.75, 3.05) is 39.2 Å². The van der Waals surface area contributed by atoms with Gasteiger partial charge in [0.1, 0.15) is 18.9 Å². The lowest BCUT2D eigenvalue weighted by Crippen LogP contribution is -2.34. The van der Waals surface area contributed by atoms with Crippen LogP contribution >= 0.6 is 30.0 Å². The van der Waals surface area contributed by atoms with Gasteiger partial charge in [-0.1, -0.05) is 42.4 Å². The zero-order valence-electron chi connectivity index (χ0n) is 20.7. The van der Waals surface area contributed by atoms with E-state index in [4.69, 9.17) is 27.8 Å². The van der Waals surface area contributed by atoms with E-state index in [1.165, 1.54) is 10.8 Å². The molecule has 12 heteroatoms. The summed E-state index contributed by atoms with van der Waals surface area (Å²) >= 11 is 0. The fraction of sp³-hybridized carbons (Fsp3) is 0.750. The SMILES string of the molecule is [2H]C([3H])OCC1OC(n2cc(CCSSC(C)(C)C)c(=O)[nH]c2=O)CC1OP(C)OCC[N+]#[C-]. The van der Waals surface area contributed by atoms with Crippen molar-refractivity contribution < 1.29 is 21.3 Å². The van der Waals surface area contributed by atoms with Gasteiger partial charge in [-0.15, -0.1) is 0 Å². The lowest BCUT2D eigenvalue weighted by Gasteiger charge is -2.21. The van der Waals surface area contributed by atoms with Crippen LogP contribution in [0.1, 0.15) is 41.7 Å². The van der Waals surface area contributed by atoms with Crippen LogP contribution in [0.2, 0.25) is 0 Å². The third kappa shape index (κ3) is 8.82. The van der Waals surface area contributed by atoms with Gasteiger partial charge in [0.15, 0.2) is 8.38 Å². The van der Waals surface area contributed by atoms with E-state index in [1.807, 2.05) is 0 Å². The summed E-state index contributed by atoms with van der Waals surface area (Å²) in [6, 6.07) is 0. The predicted octanol–water partition coefficient (Wildman–Crippen LogP) is 3.46. The molecule has 0 aliphatic carbocycles. The van der Waals surface area contributed by atoms with Crippen molar-refractivity contribution in [3.05, 3.63) is 44.0 Å². The Kier molecular flexibility index (Phi) is 9.96. The third-order valence-electron chi connectivity index (χ3n) is 4.32. The topological polar surface area (TPSA) is 96.1 Å². The molecule has 1 N–H and O–H groups in total. The van der Waals surface area contributed by atoms with Crippen LogP contribution in [-0.2, 0) is 24.9 Å². The minimum absolute atomic E-state index is 0.0598. The molecule has 1 aliphatic heterocycles. The summed E-state index contributed by atoms with van der Waals surface area (Å²) in [6.07, 6.45) is 0.491. The first kappa shape index (κ1) is 24.3. The Morgan fingerprint density at radius 1 is 1.53 bits per heavy atom. The average molecular weight is 509 g/mol. The molecule has 0 radical (unpaired) electrons. The van der Waals surface area contributed by atoms with Crippen LogP contribution in [0.25, 0.3) is 4.85 Å². The molecule has 0 aromatic carbocycles. The Balaban J connectivity index is 2.12. The normalized spacial score (nSPS) is 23.9. The van der Waals surface area contributed by atoms with Crippen molar-refractivity contribution in [3.8, 4) is 0 Å². The number of H-pyrrole nitrogens is 1. The number of hydrogen-bond donors (Lipinski definition) is 1. The summed E-state index contributed by atoms with van der Waals surface area (Å²) in [4.78, 5) is 30.5. The Bertz CT molecular complexity index is 937. The van der Waals surface area contributed by atoms with Crippen LogP contribution in [-0.4, -0.2) is 65.7 Å². The minimum atomic E-state index is -1.48. The van der Waals surface area contributed by atoms with Gasteiger partial charge in [0.05, 0.1) is 15.5 Å². The Labute approximate surface area is 200 Å². The van der Waals surface area contributed by atoms with E-state index in [1.54, 1.807) is 28.3 Å². The Morgan fingerprint density at radius 2 is 2.31 bits per heavy atom. The highest BCUT2D eigenvalue weighted by molar-refractivity contribution is 8.77. The maximum Gasteiger partial charge on any atom is 0.330 e. The van der Waals surface area contributed by atoms with Crippen LogP contribution in [0.5, 0.6) is 0 Å². The molecule has 1 aromatic heterocycles. The minimum Gasteiger partial charge on any atom is -0.382 e. The maximum atomic E-state index is 12.6. The number of aromatic nitrogens is 2. The van der Waals surface area contributed by atoms with Gasteiger partial charge in [0.2, 0.25) is 6.54 Å². The highest BCUT2D eigenvalue weighted by Gasteiger charge is 2.39. The van der Waals surface area contributed by atoms with Gasteiger partial charge < -0.3 is 23.4 Å². The third-order valence-corrected chi connectivity index (χ3v) is 8.77. The van der Waals surface area contributed by atoms with Crippen LogP contribution in [0.4, 0.5) is 0 Å². The molecular formula is C20H32N3O6PS2. The van der Waals surface area contributed by atoms with E-state index in [-0.39, 0.29) is 24.5 Å². The van der Waals surface area contributed by atoms with Crippen molar-refractivity contribution in [2.45, 2.75) is 56.8 Å². The number of nitrogens with zero attached hydrogens (tertiary/aromatic N) is 2. The van der Waals surface area contributed by atoms with Crippen molar-refractivity contribution in [1.29, 1.82) is 0 Å². The molecule has 0 spiro atoms. The summed E-state index contributed by atoms with van der Waals surface area (Å²) < 4.78 is 38.6. The monoisotopic (exact) mass is 508 g/mol. The number of aromatic amines is 1. The summed E-state index contributed by atoms with van der Waals surface area (Å²) in [7, 11) is 0.625. The Morgan fingerprint density at radius 3 is 3.00 bits per heavy atom. The molecule has 1 fully saturated rings. The number of hydrogen-bond acceptors (Lipinski definition) is 8. The largest absolute Gasteiger partial charge is 0.382 e. The summed E-state index contributed by atoms with van der Waals surface area (Å²) in [5.41, 5.74) is -0.508. The second kappa shape index (κ2) is 13.1. The molecular weight excluding hydrogens is 473 g/mol. The quantitative estimate of drug-likeness (QED) is 0.199. The standard InChI is InChI=1S/C20H32N3O6PS2/c1-20(2,3)32-31-10-7-14-12-23(19(25)22-18(14)24)17-11-15(16(28-17)13-26-5)29-30(6)27-9-8-21-4/h12,15-17H,7-11,13H2,1-3,5-6H3,(H,22,24,25)/i5TD. The van der Waals surface area contributed by atoms with E-state index >= 15 is 0 Å². The second-order valence-electron chi connectivity index (χ2n) is 8.09. The molecule has 9 nitrogen and oxygen atoms in total. The highest BCUT2D eigenvalue weighted by Crippen LogP contribution is 2.41. The van der Waals surface area contributed by atoms with Crippen LogP contribution in [0, 0.1) is 6.57 Å². The molecule has 0 saturated carbocycles. The molecule has 180 valence electrons. The molecule has 0 bridgehead atoms. The van der Waals surface area contributed by atoms with Gasteiger partial charge in [-0.25, -0.2) is 11.4 Å². The molecule has 5 unspecified atom stereocenters. The number of rotatable bonds is 12. The fourth-order valence-electron chi connectivity index (χ4n) is 2.95. The smallest absolute Gasteiger partial charge is 0.330 e. The first-order chi connectivity index (χ1) is 16.0. The highest BCUT2D eigenvalue weighted by atomic mass is 33.1.